The molecule has 0 fully saturated rings. The first-order valence-corrected chi connectivity index (χ1v) is 9.65. The molecule has 0 amide bonds. The standard InChI is InChI=1S/C22H24N2O5/c1-28-20-7-8-21(29-2)17-11-13(10-16(17)20)23-12-19(26)14-5-6-18(25)22-15(14)4-3-9-24(22)27/h3,5-9,13,19,23,26H,4,10-12H2,1-2H3/p+1/t19-/m0/s1. The highest BCUT2D eigenvalue weighted by Gasteiger charge is 2.31. The van der Waals surface area contributed by atoms with Crippen LogP contribution in [0.4, 0.5) is 5.69 Å². The van der Waals surface area contributed by atoms with Gasteiger partial charge in [-0.3, -0.25) is 0 Å². The van der Waals surface area contributed by atoms with E-state index in [0.717, 1.165) is 35.5 Å². The van der Waals surface area contributed by atoms with Gasteiger partial charge in [0, 0.05) is 40.6 Å². The van der Waals surface area contributed by atoms with Crippen molar-refractivity contribution in [2.45, 2.75) is 31.4 Å². The highest BCUT2D eigenvalue weighted by molar-refractivity contribution is 5.58. The summed E-state index contributed by atoms with van der Waals surface area (Å²) in [6, 6.07) is 7.12. The van der Waals surface area contributed by atoms with E-state index in [2.05, 4.69) is 5.32 Å². The van der Waals surface area contributed by atoms with Gasteiger partial charge in [-0.05, 0) is 42.7 Å². The first-order chi connectivity index (χ1) is 14.0. The Labute approximate surface area is 169 Å². The predicted octanol–water partition coefficient (Wildman–Crippen LogP) is 2.68. The van der Waals surface area contributed by atoms with Crippen molar-refractivity contribution in [3.63, 3.8) is 0 Å². The highest BCUT2D eigenvalue weighted by atomic mass is 16.5. The van der Waals surface area contributed by atoms with E-state index in [-0.39, 0.29) is 17.5 Å². The summed E-state index contributed by atoms with van der Waals surface area (Å²) in [5, 5.41) is 24.3. The van der Waals surface area contributed by atoms with Crippen LogP contribution in [0.1, 0.15) is 28.4 Å². The molecular weight excluding hydrogens is 372 g/mol. The topological polar surface area (TPSA) is 91.0 Å². The van der Waals surface area contributed by atoms with E-state index < -0.39 is 6.10 Å². The maximum Gasteiger partial charge on any atom is 0.307 e. The van der Waals surface area contributed by atoms with Crippen LogP contribution in [0.5, 0.6) is 17.2 Å². The molecule has 1 heterocycles. The SMILES string of the molecule is COc1ccc(OC)c2c1CC(NC[C@H](O)c1ccc(O)c3c1CC=C[N+]3=O)C2. The van der Waals surface area contributed by atoms with Crippen LogP contribution in [0.2, 0.25) is 0 Å². The third kappa shape index (κ3) is 3.47. The highest BCUT2D eigenvalue weighted by Crippen LogP contribution is 2.39. The van der Waals surface area contributed by atoms with Gasteiger partial charge in [-0.25, -0.2) is 0 Å². The van der Waals surface area contributed by atoms with Gasteiger partial charge >= 0.3 is 5.69 Å². The number of hydrogen-bond acceptors (Lipinski definition) is 6. The normalized spacial score (nSPS) is 16.4. The fraction of sp³-hybridized carbons (Fsp3) is 0.364. The Bertz CT molecular complexity index is 953. The average molecular weight is 397 g/mol. The van der Waals surface area contributed by atoms with E-state index in [9.17, 15) is 15.1 Å². The molecule has 2 aromatic carbocycles. The summed E-state index contributed by atoms with van der Waals surface area (Å²) in [5.74, 6) is 1.62. The fourth-order valence-electron chi connectivity index (χ4n) is 4.33. The molecule has 1 aliphatic carbocycles. The van der Waals surface area contributed by atoms with Gasteiger partial charge in [-0.2, -0.15) is 0 Å². The molecule has 0 aromatic heterocycles. The second kappa shape index (κ2) is 7.85. The number of hydrogen-bond donors (Lipinski definition) is 3. The van der Waals surface area contributed by atoms with E-state index in [4.69, 9.17) is 9.47 Å². The van der Waals surface area contributed by atoms with E-state index in [0.29, 0.717) is 28.9 Å². The lowest BCUT2D eigenvalue weighted by Crippen LogP contribution is -2.33. The molecule has 0 saturated heterocycles. The molecule has 0 bridgehead atoms. The number of allylic oxidation sites excluding steroid dienone is 1. The maximum atomic E-state index is 12.0. The Morgan fingerprint density at radius 2 is 1.76 bits per heavy atom. The lowest BCUT2D eigenvalue weighted by molar-refractivity contribution is -0.388. The average Bonchev–Trinajstić information content (AvgIpc) is 3.16. The molecule has 7 nitrogen and oxygen atoms in total. The number of methoxy groups -OCH3 is 2. The van der Waals surface area contributed by atoms with Gasteiger partial charge in [0.15, 0.2) is 5.75 Å². The monoisotopic (exact) mass is 397 g/mol. The van der Waals surface area contributed by atoms with Crippen LogP contribution in [-0.2, 0) is 19.3 Å². The zero-order valence-corrected chi connectivity index (χ0v) is 16.5. The zero-order chi connectivity index (χ0) is 20.5. The van der Waals surface area contributed by atoms with Gasteiger partial charge in [0.1, 0.15) is 11.5 Å². The van der Waals surface area contributed by atoms with Crippen LogP contribution in [0.25, 0.3) is 0 Å². The summed E-state index contributed by atoms with van der Waals surface area (Å²) in [5.41, 5.74) is 3.80. The van der Waals surface area contributed by atoms with Crippen LogP contribution < -0.4 is 14.8 Å². The number of rotatable bonds is 6. The Kier molecular flexibility index (Phi) is 5.25. The first kappa shape index (κ1) is 19.4. The molecule has 29 heavy (non-hydrogen) atoms. The maximum absolute atomic E-state index is 12.0. The molecule has 2 aromatic rings. The number of benzene rings is 2. The molecule has 0 spiro atoms. The van der Waals surface area contributed by atoms with Crippen molar-refractivity contribution >= 4 is 5.69 Å². The van der Waals surface area contributed by atoms with Gasteiger partial charge in [0.05, 0.1) is 25.1 Å². The molecule has 4 rings (SSSR count). The van der Waals surface area contributed by atoms with Crippen molar-refractivity contribution in [2.75, 3.05) is 20.8 Å². The largest absolute Gasteiger partial charge is 0.502 e. The number of aliphatic hydroxyl groups is 1. The van der Waals surface area contributed by atoms with Gasteiger partial charge in [0.2, 0.25) is 6.20 Å². The number of phenols is 1. The van der Waals surface area contributed by atoms with Gasteiger partial charge < -0.3 is 25.0 Å². The van der Waals surface area contributed by atoms with Crippen LogP contribution in [0.3, 0.4) is 0 Å². The summed E-state index contributed by atoms with van der Waals surface area (Å²) >= 11 is 0. The molecule has 0 saturated carbocycles. The number of nitroso groups, excluding NO2 is 1. The second-order valence-corrected chi connectivity index (χ2v) is 7.37. The Morgan fingerprint density at radius 1 is 1.10 bits per heavy atom. The zero-order valence-electron chi connectivity index (χ0n) is 16.5. The predicted molar refractivity (Wildman–Crippen MR) is 108 cm³/mol. The minimum Gasteiger partial charge on any atom is -0.502 e. The smallest absolute Gasteiger partial charge is 0.307 e. The molecule has 3 N–H and O–H groups in total. The molecule has 1 atom stereocenters. The van der Waals surface area contributed by atoms with Gasteiger partial charge in [-0.1, -0.05) is 6.07 Å². The minimum atomic E-state index is -0.795. The summed E-state index contributed by atoms with van der Waals surface area (Å²) in [4.78, 5) is 12.0. The van der Waals surface area contributed by atoms with Crippen molar-refractivity contribution in [1.29, 1.82) is 0 Å². The van der Waals surface area contributed by atoms with Crippen molar-refractivity contribution in [1.82, 2.24) is 5.32 Å². The van der Waals surface area contributed by atoms with Crippen molar-refractivity contribution in [3.8, 4) is 17.2 Å². The lowest BCUT2D eigenvalue weighted by Gasteiger charge is -2.19. The molecular formula is C22H25N2O5+. The number of fused-ring (bicyclic) bond motifs is 2. The van der Waals surface area contributed by atoms with Crippen molar-refractivity contribution < 1.29 is 24.4 Å². The molecule has 0 radical (unpaired) electrons. The third-order valence-electron chi connectivity index (χ3n) is 5.73. The number of nitrogens with one attached hydrogen (secondary N) is 1. The number of ether oxygens (including phenoxy) is 2. The summed E-state index contributed by atoms with van der Waals surface area (Å²) < 4.78 is 11.6. The van der Waals surface area contributed by atoms with Crippen molar-refractivity contribution in [2.24, 2.45) is 0 Å². The first-order valence-electron chi connectivity index (χ1n) is 9.65. The quantitative estimate of drug-likeness (QED) is 0.650. The number of aliphatic hydroxyl groups excluding tert-OH is 1. The summed E-state index contributed by atoms with van der Waals surface area (Å²) in [6.45, 7) is 0.336. The van der Waals surface area contributed by atoms with Crippen LogP contribution in [-0.4, -0.2) is 41.8 Å². The molecule has 2 aliphatic rings. The van der Waals surface area contributed by atoms with E-state index in [1.54, 1.807) is 26.4 Å². The summed E-state index contributed by atoms with van der Waals surface area (Å²) in [6.07, 6.45) is 4.38. The number of phenolic OH excluding ortho intramolecular Hbond substituents is 1. The van der Waals surface area contributed by atoms with E-state index >= 15 is 0 Å². The van der Waals surface area contributed by atoms with Gasteiger partial charge in [0.25, 0.3) is 0 Å². The molecule has 1 aliphatic heterocycles. The molecule has 152 valence electrons. The Hall–Kier alpha value is -2.90. The van der Waals surface area contributed by atoms with Crippen LogP contribution >= 0.6 is 0 Å². The van der Waals surface area contributed by atoms with Crippen molar-refractivity contribution in [3.05, 3.63) is 63.7 Å². The number of nitrogens with zero attached hydrogens (tertiary/aromatic N) is 1. The van der Waals surface area contributed by atoms with Crippen LogP contribution in [0, 0.1) is 4.91 Å². The second-order valence-electron chi connectivity index (χ2n) is 7.37. The van der Waals surface area contributed by atoms with Crippen LogP contribution in [0.15, 0.2) is 36.5 Å². The fourth-order valence-corrected chi connectivity index (χ4v) is 4.33. The third-order valence-corrected chi connectivity index (χ3v) is 5.73. The lowest BCUT2D eigenvalue weighted by atomic mass is 9.95. The number of aromatic hydroxyl groups is 1. The van der Waals surface area contributed by atoms with E-state index in [1.165, 1.54) is 12.3 Å². The van der Waals surface area contributed by atoms with E-state index in [1.807, 2.05) is 12.1 Å². The molecule has 0 unspecified atom stereocenters. The minimum absolute atomic E-state index is 0.0753. The summed E-state index contributed by atoms with van der Waals surface area (Å²) in [7, 11) is 3.32. The van der Waals surface area contributed by atoms with Gasteiger partial charge in [-0.15, -0.1) is 0 Å². The Balaban J connectivity index is 1.49. The molecule has 7 heteroatoms. The Morgan fingerprint density at radius 3 is 2.38 bits per heavy atom.